The highest BCUT2D eigenvalue weighted by Crippen LogP contribution is 2.28. The predicted octanol–water partition coefficient (Wildman–Crippen LogP) is 2.98. The van der Waals surface area contributed by atoms with Crippen molar-refractivity contribution in [3.63, 3.8) is 0 Å². The van der Waals surface area contributed by atoms with Crippen molar-refractivity contribution in [2.24, 2.45) is 0 Å². The summed E-state index contributed by atoms with van der Waals surface area (Å²) in [5, 5.41) is 7.79. The number of thiophene rings is 1. The van der Waals surface area contributed by atoms with Crippen LogP contribution >= 0.6 is 23.7 Å². The Balaban J connectivity index is 0.00000400. The molecule has 1 aromatic heterocycles. The van der Waals surface area contributed by atoms with Gasteiger partial charge < -0.3 is 15.4 Å². The van der Waals surface area contributed by atoms with Crippen LogP contribution in [0.5, 0.6) is 0 Å². The Hall–Kier alpha value is -1.11. The summed E-state index contributed by atoms with van der Waals surface area (Å²) in [6.45, 7) is 6.57. The summed E-state index contributed by atoms with van der Waals surface area (Å²) in [4.78, 5) is 24.2. The summed E-state index contributed by atoms with van der Waals surface area (Å²) in [5.74, 6) is -0.572. The fourth-order valence-electron chi connectivity index (χ4n) is 1.66. The Bertz CT molecular complexity index is 477. The number of esters is 1. The first-order chi connectivity index (χ1) is 9.51. The number of ether oxygens (including phenoxy) is 1. The Morgan fingerprint density at radius 1 is 1.43 bits per heavy atom. The van der Waals surface area contributed by atoms with Crippen LogP contribution in [-0.4, -0.2) is 31.6 Å². The summed E-state index contributed by atoms with van der Waals surface area (Å²) in [6.07, 6.45) is 2.11. The maximum Gasteiger partial charge on any atom is 0.350 e. The predicted molar refractivity (Wildman–Crippen MR) is 88.6 cm³/mol. The summed E-state index contributed by atoms with van der Waals surface area (Å²) >= 11 is 1.27. The Kier molecular flexibility index (Phi) is 9.24. The minimum atomic E-state index is -0.426. The van der Waals surface area contributed by atoms with Crippen LogP contribution in [0.15, 0.2) is 5.38 Å². The highest BCUT2D eigenvalue weighted by Gasteiger charge is 2.20. The lowest BCUT2D eigenvalue weighted by molar-refractivity contribution is -0.117. The molecule has 0 radical (unpaired) electrons. The molecule has 1 rings (SSSR count). The van der Waals surface area contributed by atoms with Crippen LogP contribution in [0.1, 0.15) is 41.9 Å². The molecule has 21 heavy (non-hydrogen) atoms. The molecule has 0 fully saturated rings. The lowest BCUT2D eigenvalue weighted by atomic mass is 10.2. The topological polar surface area (TPSA) is 67.4 Å². The molecule has 0 aliphatic heterocycles. The molecule has 5 nitrogen and oxygen atoms in total. The second-order valence-electron chi connectivity index (χ2n) is 4.63. The van der Waals surface area contributed by atoms with Gasteiger partial charge in [0, 0.05) is 0 Å². The van der Waals surface area contributed by atoms with Gasteiger partial charge in [-0.1, -0.05) is 13.3 Å². The third kappa shape index (κ3) is 5.65. The van der Waals surface area contributed by atoms with Gasteiger partial charge in [0.25, 0.3) is 0 Å². The number of amides is 1. The van der Waals surface area contributed by atoms with Crippen LogP contribution in [0.25, 0.3) is 0 Å². The number of carbonyl (C=O) groups excluding carboxylic acids is 2. The standard InChI is InChI=1S/C14H22N2O3S.ClH/c1-5-6-7-15-10(3)13(17)16-11-9(2)8-20-12(11)14(18)19-4;/h8,10,15H,5-7H2,1-4H3,(H,16,17);1H. The maximum absolute atomic E-state index is 12.1. The molecule has 120 valence electrons. The van der Waals surface area contributed by atoms with Gasteiger partial charge in [-0.2, -0.15) is 0 Å². The van der Waals surface area contributed by atoms with Crippen LogP contribution in [0.2, 0.25) is 0 Å². The maximum atomic E-state index is 12.1. The zero-order valence-corrected chi connectivity index (χ0v) is 14.5. The summed E-state index contributed by atoms with van der Waals surface area (Å²) in [6, 6.07) is -0.300. The molecule has 0 aliphatic rings. The van der Waals surface area contributed by atoms with Gasteiger partial charge in [-0.15, -0.1) is 23.7 Å². The number of rotatable bonds is 7. The van der Waals surface area contributed by atoms with Crippen molar-refractivity contribution in [1.82, 2.24) is 5.32 Å². The van der Waals surface area contributed by atoms with Gasteiger partial charge in [0.15, 0.2) is 0 Å². The number of hydrogen-bond acceptors (Lipinski definition) is 5. The average molecular weight is 335 g/mol. The number of carbonyl (C=O) groups is 2. The molecule has 0 bridgehead atoms. The molecule has 1 atom stereocenters. The minimum Gasteiger partial charge on any atom is -0.465 e. The van der Waals surface area contributed by atoms with E-state index < -0.39 is 5.97 Å². The van der Waals surface area contributed by atoms with Gasteiger partial charge in [-0.3, -0.25) is 4.79 Å². The molecular formula is C14H23ClN2O3S. The van der Waals surface area contributed by atoms with E-state index >= 15 is 0 Å². The number of hydrogen-bond donors (Lipinski definition) is 2. The van der Waals surface area contributed by atoms with Crippen LogP contribution in [-0.2, 0) is 9.53 Å². The van der Waals surface area contributed by atoms with Crippen LogP contribution in [0.4, 0.5) is 5.69 Å². The zero-order valence-electron chi connectivity index (χ0n) is 12.8. The highest BCUT2D eigenvalue weighted by molar-refractivity contribution is 7.12. The van der Waals surface area contributed by atoms with Gasteiger partial charge in [0.1, 0.15) is 4.88 Å². The number of aryl methyl sites for hydroxylation is 1. The lowest BCUT2D eigenvalue weighted by Crippen LogP contribution is -2.38. The highest BCUT2D eigenvalue weighted by atomic mass is 35.5. The second-order valence-corrected chi connectivity index (χ2v) is 5.51. The Morgan fingerprint density at radius 3 is 2.67 bits per heavy atom. The van der Waals surface area contributed by atoms with Gasteiger partial charge in [0.05, 0.1) is 18.8 Å². The number of anilines is 1. The number of nitrogens with one attached hydrogen (secondary N) is 2. The van der Waals surface area contributed by atoms with E-state index in [9.17, 15) is 9.59 Å². The Labute approximate surface area is 135 Å². The molecule has 1 aromatic rings. The van der Waals surface area contributed by atoms with Crippen molar-refractivity contribution >= 4 is 41.3 Å². The average Bonchev–Trinajstić information content (AvgIpc) is 2.79. The summed E-state index contributed by atoms with van der Waals surface area (Å²) < 4.78 is 4.72. The van der Waals surface area contributed by atoms with Gasteiger partial charge in [-0.05, 0) is 37.8 Å². The largest absolute Gasteiger partial charge is 0.465 e. The molecule has 1 unspecified atom stereocenters. The van der Waals surface area contributed by atoms with E-state index in [4.69, 9.17) is 4.74 Å². The van der Waals surface area contributed by atoms with Crippen molar-refractivity contribution in [3.05, 3.63) is 15.8 Å². The van der Waals surface area contributed by atoms with E-state index in [0.29, 0.717) is 10.6 Å². The first kappa shape index (κ1) is 19.9. The van der Waals surface area contributed by atoms with Crippen molar-refractivity contribution in [2.75, 3.05) is 19.0 Å². The molecule has 0 aliphatic carbocycles. The monoisotopic (exact) mass is 334 g/mol. The molecule has 0 aromatic carbocycles. The van der Waals surface area contributed by atoms with E-state index in [-0.39, 0.29) is 24.4 Å². The minimum absolute atomic E-state index is 0. The first-order valence-electron chi connectivity index (χ1n) is 6.71. The molecule has 0 saturated carbocycles. The lowest BCUT2D eigenvalue weighted by Gasteiger charge is -2.14. The van der Waals surface area contributed by atoms with Crippen molar-refractivity contribution in [1.29, 1.82) is 0 Å². The van der Waals surface area contributed by atoms with Gasteiger partial charge >= 0.3 is 5.97 Å². The van der Waals surface area contributed by atoms with E-state index in [1.165, 1.54) is 18.4 Å². The van der Waals surface area contributed by atoms with Crippen molar-refractivity contribution < 1.29 is 14.3 Å². The van der Waals surface area contributed by atoms with Gasteiger partial charge in [0.2, 0.25) is 5.91 Å². The first-order valence-corrected chi connectivity index (χ1v) is 7.59. The van der Waals surface area contributed by atoms with E-state index in [1.807, 2.05) is 19.2 Å². The third-order valence-corrected chi connectivity index (χ3v) is 4.05. The van der Waals surface area contributed by atoms with Gasteiger partial charge in [-0.25, -0.2) is 4.79 Å². The normalized spacial score (nSPS) is 11.4. The van der Waals surface area contributed by atoms with Crippen molar-refractivity contribution in [3.8, 4) is 0 Å². The third-order valence-electron chi connectivity index (χ3n) is 2.97. The summed E-state index contributed by atoms with van der Waals surface area (Å²) in [5.41, 5.74) is 1.42. The van der Waals surface area contributed by atoms with E-state index in [2.05, 4.69) is 17.6 Å². The van der Waals surface area contributed by atoms with E-state index in [1.54, 1.807) is 0 Å². The molecule has 1 heterocycles. The summed E-state index contributed by atoms with van der Waals surface area (Å²) in [7, 11) is 1.33. The zero-order chi connectivity index (χ0) is 15.1. The van der Waals surface area contributed by atoms with Crippen LogP contribution < -0.4 is 10.6 Å². The van der Waals surface area contributed by atoms with Crippen molar-refractivity contribution in [2.45, 2.75) is 39.7 Å². The molecule has 0 saturated heterocycles. The molecule has 0 spiro atoms. The molecule has 1 amide bonds. The number of unbranched alkanes of at least 4 members (excludes halogenated alkanes) is 1. The number of methoxy groups -OCH3 is 1. The smallest absolute Gasteiger partial charge is 0.350 e. The van der Waals surface area contributed by atoms with Crippen LogP contribution in [0.3, 0.4) is 0 Å². The van der Waals surface area contributed by atoms with E-state index in [0.717, 1.165) is 24.9 Å². The molecule has 2 N–H and O–H groups in total. The molecule has 7 heteroatoms. The second kappa shape index (κ2) is 9.76. The quantitative estimate of drug-likeness (QED) is 0.594. The Morgan fingerprint density at radius 2 is 2.10 bits per heavy atom. The fourth-order valence-corrected chi connectivity index (χ4v) is 2.58. The fraction of sp³-hybridized carbons (Fsp3) is 0.571. The SMILES string of the molecule is CCCCNC(C)C(=O)Nc1c(C)csc1C(=O)OC.Cl. The molecular weight excluding hydrogens is 312 g/mol. The number of halogens is 1. The van der Waals surface area contributed by atoms with Crippen LogP contribution in [0, 0.1) is 6.92 Å².